The fourth-order valence-corrected chi connectivity index (χ4v) is 2.52. The third-order valence-electron chi connectivity index (χ3n) is 2.76. The molecule has 1 unspecified atom stereocenters. The van der Waals surface area contributed by atoms with Crippen LogP contribution >= 0.6 is 27.5 Å². The maximum atomic E-state index is 14.2. The standard InChI is InChI=1S/C14H13BrClFN2/c1-2-18-13(14-11(16)7-4-8-19-14)9-5-3-6-10(15)12(9)17/h3-8,13,18H,2H2,1H3. The van der Waals surface area contributed by atoms with E-state index in [4.69, 9.17) is 11.6 Å². The first-order valence-corrected chi connectivity index (χ1v) is 7.10. The Balaban J connectivity index is 2.52. The molecule has 0 bridgehead atoms. The summed E-state index contributed by atoms with van der Waals surface area (Å²) in [5.74, 6) is -0.296. The summed E-state index contributed by atoms with van der Waals surface area (Å²) in [4.78, 5) is 4.27. The maximum Gasteiger partial charge on any atom is 0.142 e. The Labute approximate surface area is 125 Å². The minimum atomic E-state index is -0.365. The van der Waals surface area contributed by atoms with Crippen LogP contribution < -0.4 is 5.32 Å². The molecule has 2 nitrogen and oxygen atoms in total. The van der Waals surface area contributed by atoms with Crippen LogP contribution in [0.25, 0.3) is 0 Å². The Morgan fingerprint density at radius 2 is 2.16 bits per heavy atom. The second-order valence-electron chi connectivity index (χ2n) is 4.00. The molecule has 0 aliphatic heterocycles. The van der Waals surface area contributed by atoms with E-state index in [1.54, 1.807) is 36.5 Å². The molecular weight excluding hydrogens is 331 g/mol. The smallest absolute Gasteiger partial charge is 0.142 e. The van der Waals surface area contributed by atoms with Crippen molar-refractivity contribution in [3.8, 4) is 0 Å². The molecule has 100 valence electrons. The molecule has 1 atom stereocenters. The summed E-state index contributed by atoms with van der Waals surface area (Å²) in [6.07, 6.45) is 1.65. The highest BCUT2D eigenvalue weighted by Gasteiger charge is 2.21. The zero-order valence-electron chi connectivity index (χ0n) is 10.3. The van der Waals surface area contributed by atoms with Crippen molar-refractivity contribution < 1.29 is 4.39 Å². The van der Waals surface area contributed by atoms with Gasteiger partial charge in [-0.3, -0.25) is 4.98 Å². The molecule has 0 aliphatic rings. The van der Waals surface area contributed by atoms with Gasteiger partial charge in [0.15, 0.2) is 0 Å². The quantitative estimate of drug-likeness (QED) is 0.893. The van der Waals surface area contributed by atoms with Crippen LogP contribution in [0.3, 0.4) is 0 Å². The van der Waals surface area contributed by atoms with E-state index >= 15 is 0 Å². The number of nitrogens with one attached hydrogen (secondary N) is 1. The van der Waals surface area contributed by atoms with Crippen LogP contribution in [-0.4, -0.2) is 11.5 Å². The lowest BCUT2D eigenvalue weighted by Gasteiger charge is -2.20. The lowest BCUT2D eigenvalue weighted by Crippen LogP contribution is -2.24. The van der Waals surface area contributed by atoms with Crippen molar-refractivity contribution in [3.63, 3.8) is 0 Å². The third-order valence-corrected chi connectivity index (χ3v) is 3.69. The van der Waals surface area contributed by atoms with Crippen molar-refractivity contribution in [1.82, 2.24) is 10.3 Å². The molecule has 0 saturated heterocycles. The van der Waals surface area contributed by atoms with Crippen LogP contribution in [0.4, 0.5) is 4.39 Å². The monoisotopic (exact) mass is 342 g/mol. The van der Waals surface area contributed by atoms with Gasteiger partial charge in [-0.05, 0) is 40.7 Å². The minimum absolute atomic E-state index is 0.296. The molecule has 1 aromatic carbocycles. The van der Waals surface area contributed by atoms with Gasteiger partial charge in [0.1, 0.15) is 5.82 Å². The normalized spacial score (nSPS) is 12.4. The molecule has 0 saturated carbocycles. The van der Waals surface area contributed by atoms with Crippen molar-refractivity contribution in [3.05, 3.63) is 63.1 Å². The van der Waals surface area contributed by atoms with Gasteiger partial charge in [0.05, 0.1) is 21.2 Å². The zero-order chi connectivity index (χ0) is 13.8. The molecule has 1 N–H and O–H groups in total. The van der Waals surface area contributed by atoms with E-state index in [0.717, 1.165) is 0 Å². The molecule has 0 aliphatic carbocycles. The van der Waals surface area contributed by atoms with Gasteiger partial charge in [-0.2, -0.15) is 0 Å². The Hall–Kier alpha value is -0.970. The number of benzene rings is 1. The van der Waals surface area contributed by atoms with Gasteiger partial charge in [-0.1, -0.05) is 30.7 Å². The van der Waals surface area contributed by atoms with Gasteiger partial charge in [0, 0.05) is 11.8 Å². The predicted molar refractivity (Wildman–Crippen MR) is 78.9 cm³/mol. The molecule has 0 radical (unpaired) electrons. The van der Waals surface area contributed by atoms with E-state index in [-0.39, 0.29) is 11.9 Å². The van der Waals surface area contributed by atoms with Crippen molar-refractivity contribution in [1.29, 1.82) is 0 Å². The summed E-state index contributed by atoms with van der Waals surface area (Å²) in [6, 6.07) is 8.34. The summed E-state index contributed by atoms with van der Waals surface area (Å²) >= 11 is 9.36. The number of halogens is 3. The molecular formula is C14H13BrClFN2. The Morgan fingerprint density at radius 3 is 2.84 bits per heavy atom. The predicted octanol–water partition coefficient (Wildman–Crippen LogP) is 4.34. The first-order chi connectivity index (χ1) is 9.15. The van der Waals surface area contributed by atoms with Crippen molar-refractivity contribution >= 4 is 27.5 Å². The summed E-state index contributed by atoms with van der Waals surface area (Å²) in [7, 11) is 0. The second kappa shape index (κ2) is 6.46. The Morgan fingerprint density at radius 1 is 1.37 bits per heavy atom. The number of pyridine rings is 1. The second-order valence-corrected chi connectivity index (χ2v) is 5.27. The molecule has 5 heteroatoms. The Kier molecular flexibility index (Phi) is 4.91. The molecule has 0 fully saturated rings. The van der Waals surface area contributed by atoms with Gasteiger partial charge in [-0.15, -0.1) is 0 Å². The zero-order valence-corrected chi connectivity index (χ0v) is 12.7. The summed E-state index contributed by atoms with van der Waals surface area (Å²) in [5.41, 5.74) is 1.15. The van der Waals surface area contributed by atoms with E-state index in [1.165, 1.54) is 0 Å². The molecule has 1 heterocycles. The highest BCUT2D eigenvalue weighted by Crippen LogP contribution is 2.30. The van der Waals surface area contributed by atoms with E-state index in [1.807, 2.05) is 6.92 Å². The number of hydrogen-bond donors (Lipinski definition) is 1. The number of nitrogens with zero attached hydrogens (tertiary/aromatic N) is 1. The fourth-order valence-electron chi connectivity index (χ4n) is 1.91. The Bertz CT molecular complexity index is 577. The number of hydrogen-bond acceptors (Lipinski definition) is 2. The van der Waals surface area contributed by atoms with E-state index < -0.39 is 0 Å². The van der Waals surface area contributed by atoms with Crippen molar-refractivity contribution in [2.24, 2.45) is 0 Å². The highest BCUT2D eigenvalue weighted by molar-refractivity contribution is 9.10. The summed E-state index contributed by atoms with van der Waals surface area (Å²) < 4.78 is 14.7. The van der Waals surface area contributed by atoms with Crippen LogP contribution in [0, 0.1) is 5.82 Å². The topological polar surface area (TPSA) is 24.9 Å². The SMILES string of the molecule is CCNC(c1cccc(Br)c1F)c1ncccc1Cl. The van der Waals surface area contributed by atoms with E-state index in [9.17, 15) is 4.39 Å². The first kappa shape index (κ1) is 14.4. The summed E-state index contributed by atoms with van der Waals surface area (Å²) in [6.45, 7) is 2.64. The van der Waals surface area contributed by atoms with Gasteiger partial charge < -0.3 is 5.32 Å². The van der Waals surface area contributed by atoms with Crippen molar-refractivity contribution in [2.75, 3.05) is 6.54 Å². The summed E-state index contributed by atoms with van der Waals surface area (Å²) in [5, 5.41) is 3.74. The molecule has 19 heavy (non-hydrogen) atoms. The van der Waals surface area contributed by atoms with Gasteiger partial charge in [0.25, 0.3) is 0 Å². The van der Waals surface area contributed by atoms with Crippen LogP contribution in [-0.2, 0) is 0 Å². The fraction of sp³-hybridized carbons (Fsp3) is 0.214. The van der Waals surface area contributed by atoms with Crippen LogP contribution in [0.15, 0.2) is 41.0 Å². The van der Waals surface area contributed by atoms with Gasteiger partial charge in [0.2, 0.25) is 0 Å². The third kappa shape index (κ3) is 3.14. The highest BCUT2D eigenvalue weighted by atomic mass is 79.9. The maximum absolute atomic E-state index is 14.2. The minimum Gasteiger partial charge on any atom is -0.305 e. The van der Waals surface area contributed by atoms with Crippen LogP contribution in [0.2, 0.25) is 5.02 Å². The molecule has 0 amide bonds. The van der Waals surface area contributed by atoms with Gasteiger partial charge >= 0.3 is 0 Å². The van der Waals surface area contributed by atoms with E-state index in [0.29, 0.717) is 27.3 Å². The molecule has 2 rings (SSSR count). The van der Waals surface area contributed by atoms with E-state index in [2.05, 4.69) is 26.2 Å². The van der Waals surface area contributed by atoms with Gasteiger partial charge in [-0.25, -0.2) is 4.39 Å². The first-order valence-electron chi connectivity index (χ1n) is 5.92. The molecule has 2 aromatic rings. The average molecular weight is 344 g/mol. The lowest BCUT2D eigenvalue weighted by atomic mass is 10.0. The average Bonchev–Trinajstić information content (AvgIpc) is 2.41. The number of rotatable bonds is 4. The largest absolute Gasteiger partial charge is 0.305 e. The number of aromatic nitrogens is 1. The lowest BCUT2D eigenvalue weighted by molar-refractivity contribution is 0.548. The van der Waals surface area contributed by atoms with Crippen LogP contribution in [0.5, 0.6) is 0 Å². The molecule has 1 aromatic heterocycles. The molecule has 0 spiro atoms. The van der Waals surface area contributed by atoms with Crippen LogP contribution in [0.1, 0.15) is 24.2 Å². The van der Waals surface area contributed by atoms with Crippen molar-refractivity contribution in [2.45, 2.75) is 13.0 Å².